The maximum Gasteiger partial charge on any atom is 0.266 e. The minimum atomic E-state index is -0.131. The predicted octanol–water partition coefficient (Wildman–Crippen LogP) is 3.99. The third-order valence-electron chi connectivity index (χ3n) is 4.36. The van der Waals surface area contributed by atoms with Gasteiger partial charge < -0.3 is 9.47 Å². The van der Waals surface area contributed by atoms with Crippen molar-refractivity contribution in [1.82, 2.24) is 4.90 Å². The first-order chi connectivity index (χ1) is 13.6. The van der Waals surface area contributed by atoms with E-state index in [4.69, 9.17) is 14.7 Å². The number of thioether (sulfide) groups is 1. The number of nitrogens with zero attached hydrogens (tertiary/aromatic N) is 3. The first-order valence-electron chi connectivity index (χ1n) is 8.95. The zero-order valence-electron chi connectivity index (χ0n) is 15.8. The fourth-order valence-electron chi connectivity index (χ4n) is 2.78. The molecule has 1 saturated heterocycles. The number of carbonyl (C=O) groups excluding carboxylic acids is 1. The molecular weight excluding hydrogens is 374 g/mol. The molecule has 1 fully saturated rings. The van der Waals surface area contributed by atoms with Gasteiger partial charge in [-0.2, -0.15) is 5.26 Å². The van der Waals surface area contributed by atoms with Gasteiger partial charge in [0.1, 0.15) is 11.5 Å². The molecule has 0 radical (unpaired) electrons. The molecule has 1 atom stereocenters. The number of hydrogen-bond donors (Lipinski definition) is 0. The highest BCUT2D eigenvalue weighted by molar-refractivity contribution is 8.14. The lowest BCUT2D eigenvalue weighted by Gasteiger charge is -2.23. The molecule has 0 aromatic heterocycles. The second kappa shape index (κ2) is 9.29. The molecule has 2 aromatic rings. The number of hydrogen-bond acceptors (Lipinski definition) is 6. The maximum absolute atomic E-state index is 12.8. The van der Waals surface area contributed by atoms with Gasteiger partial charge in [0, 0.05) is 11.8 Å². The highest BCUT2D eigenvalue weighted by atomic mass is 32.2. The molecule has 0 bridgehead atoms. The summed E-state index contributed by atoms with van der Waals surface area (Å²) in [7, 11) is 1.62. The van der Waals surface area contributed by atoms with E-state index in [1.54, 1.807) is 48.0 Å². The molecule has 2 aromatic carbocycles. The van der Waals surface area contributed by atoms with Crippen LogP contribution < -0.4 is 9.47 Å². The quantitative estimate of drug-likeness (QED) is 0.739. The number of amidine groups is 1. The van der Waals surface area contributed by atoms with Gasteiger partial charge >= 0.3 is 0 Å². The Balaban J connectivity index is 1.72. The van der Waals surface area contributed by atoms with Crippen molar-refractivity contribution in [2.24, 2.45) is 4.99 Å². The molecule has 0 aliphatic carbocycles. The SMILES string of the molecule is CC[C@@H]1CSC(=Nc2ccc(OC)cc2)N1C(=O)COc1ccc(C#N)cc1. The van der Waals surface area contributed by atoms with Crippen LogP contribution in [0.1, 0.15) is 18.9 Å². The van der Waals surface area contributed by atoms with Gasteiger partial charge in [0.25, 0.3) is 5.91 Å². The summed E-state index contributed by atoms with van der Waals surface area (Å²) < 4.78 is 10.8. The molecule has 0 N–H and O–H groups in total. The van der Waals surface area contributed by atoms with Gasteiger partial charge in [-0.25, -0.2) is 4.99 Å². The number of methoxy groups -OCH3 is 1. The highest BCUT2D eigenvalue weighted by Gasteiger charge is 2.34. The summed E-state index contributed by atoms with van der Waals surface area (Å²) in [6.45, 7) is 1.98. The van der Waals surface area contributed by atoms with Crippen molar-refractivity contribution in [3.8, 4) is 17.6 Å². The molecule has 1 aliphatic rings. The summed E-state index contributed by atoms with van der Waals surface area (Å²) in [5.41, 5.74) is 1.32. The zero-order chi connectivity index (χ0) is 19.9. The normalized spacial score (nSPS) is 17.4. The highest BCUT2D eigenvalue weighted by Crippen LogP contribution is 2.29. The van der Waals surface area contributed by atoms with E-state index >= 15 is 0 Å². The van der Waals surface area contributed by atoms with Gasteiger partial charge in [-0.05, 0) is 55.0 Å². The number of amides is 1. The zero-order valence-corrected chi connectivity index (χ0v) is 16.6. The lowest BCUT2D eigenvalue weighted by molar-refractivity contribution is -0.130. The van der Waals surface area contributed by atoms with E-state index in [0.29, 0.717) is 16.5 Å². The number of benzene rings is 2. The molecule has 0 spiro atoms. The molecule has 6 nitrogen and oxygen atoms in total. The molecule has 1 heterocycles. The Morgan fingerprint density at radius 2 is 1.89 bits per heavy atom. The van der Waals surface area contributed by atoms with Crippen LogP contribution in [0, 0.1) is 11.3 Å². The minimum absolute atomic E-state index is 0.0788. The van der Waals surface area contributed by atoms with Crippen LogP contribution in [-0.4, -0.2) is 41.5 Å². The molecule has 7 heteroatoms. The largest absolute Gasteiger partial charge is 0.497 e. The van der Waals surface area contributed by atoms with Crippen LogP contribution in [0.25, 0.3) is 0 Å². The molecular formula is C21H21N3O3S. The standard InChI is InChI=1S/C21H21N3O3S/c1-3-17-14-28-21(23-16-6-10-18(26-2)11-7-16)24(17)20(25)13-27-19-8-4-15(12-22)5-9-19/h4-11,17H,3,13-14H2,1-2H3/t17-/m1/s1. The Labute approximate surface area is 168 Å². The Hall–Kier alpha value is -2.98. The van der Waals surface area contributed by atoms with E-state index in [0.717, 1.165) is 23.6 Å². The van der Waals surface area contributed by atoms with E-state index in [-0.39, 0.29) is 18.6 Å². The van der Waals surface area contributed by atoms with E-state index < -0.39 is 0 Å². The molecule has 144 valence electrons. The van der Waals surface area contributed by atoms with Crippen molar-refractivity contribution in [2.75, 3.05) is 19.5 Å². The van der Waals surface area contributed by atoms with E-state index in [1.807, 2.05) is 24.3 Å². The monoisotopic (exact) mass is 395 g/mol. The molecule has 3 rings (SSSR count). The predicted molar refractivity (Wildman–Crippen MR) is 110 cm³/mol. The second-order valence-corrected chi connectivity index (χ2v) is 7.14. The van der Waals surface area contributed by atoms with Crippen LogP contribution >= 0.6 is 11.8 Å². The van der Waals surface area contributed by atoms with Crippen LogP contribution in [0.2, 0.25) is 0 Å². The Kier molecular flexibility index (Phi) is 6.56. The summed E-state index contributed by atoms with van der Waals surface area (Å²) >= 11 is 1.58. The van der Waals surface area contributed by atoms with Crippen LogP contribution in [0.3, 0.4) is 0 Å². The first kappa shape index (κ1) is 19.8. The molecule has 1 aliphatic heterocycles. The Morgan fingerprint density at radius 1 is 1.21 bits per heavy atom. The van der Waals surface area contributed by atoms with Crippen LogP contribution in [0.4, 0.5) is 5.69 Å². The van der Waals surface area contributed by atoms with Gasteiger partial charge in [0.2, 0.25) is 0 Å². The van der Waals surface area contributed by atoms with Crippen LogP contribution in [-0.2, 0) is 4.79 Å². The number of ether oxygens (including phenoxy) is 2. The van der Waals surface area contributed by atoms with Gasteiger partial charge in [-0.1, -0.05) is 18.7 Å². The Morgan fingerprint density at radius 3 is 2.50 bits per heavy atom. The number of aliphatic imine (C=N–C) groups is 1. The van der Waals surface area contributed by atoms with Gasteiger partial charge in [0.05, 0.1) is 24.4 Å². The van der Waals surface area contributed by atoms with Gasteiger partial charge in [-0.3, -0.25) is 9.69 Å². The Bertz CT molecular complexity index is 889. The summed E-state index contributed by atoms with van der Waals surface area (Å²) in [4.78, 5) is 19.2. The van der Waals surface area contributed by atoms with Crippen molar-refractivity contribution >= 4 is 28.5 Å². The first-order valence-corrected chi connectivity index (χ1v) is 9.93. The van der Waals surface area contributed by atoms with Crippen molar-refractivity contribution in [3.63, 3.8) is 0 Å². The third-order valence-corrected chi connectivity index (χ3v) is 5.46. The maximum atomic E-state index is 12.8. The minimum Gasteiger partial charge on any atom is -0.497 e. The number of nitriles is 1. The summed E-state index contributed by atoms with van der Waals surface area (Å²) in [6, 6.07) is 16.3. The average Bonchev–Trinajstić information content (AvgIpc) is 3.15. The van der Waals surface area contributed by atoms with Gasteiger partial charge in [-0.15, -0.1) is 0 Å². The molecule has 0 unspecified atom stereocenters. The number of rotatable bonds is 6. The van der Waals surface area contributed by atoms with Crippen molar-refractivity contribution < 1.29 is 14.3 Å². The summed E-state index contributed by atoms with van der Waals surface area (Å²) in [5.74, 6) is 2.00. The lowest BCUT2D eigenvalue weighted by Crippen LogP contribution is -2.41. The molecule has 1 amide bonds. The van der Waals surface area contributed by atoms with Crippen molar-refractivity contribution in [2.45, 2.75) is 19.4 Å². The molecule has 28 heavy (non-hydrogen) atoms. The smallest absolute Gasteiger partial charge is 0.266 e. The topological polar surface area (TPSA) is 74.9 Å². The van der Waals surface area contributed by atoms with E-state index in [2.05, 4.69) is 18.0 Å². The fourth-order valence-corrected chi connectivity index (χ4v) is 4.06. The fraction of sp³-hybridized carbons (Fsp3) is 0.286. The van der Waals surface area contributed by atoms with E-state index in [9.17, 15) is 4.79 Å². The second-order valence-electron chi connectivity index (χ2n) is 6.15. The lowest BCUT2D eigenvalue weighted by atomic mass is 10.2. The average molecular weight is 395 g/mol. The summed E-state index contributed by atoms with van der Waals surface area (Å²) in [6.07, 6.45) is 0.844. The van der Waals surface area contributed by atoms with E-state index in [1.165, 1.54) is 0 Å². The van der Waals surface area contributed by atoms with Crippen molar-refractivity contribution in [3.05, 3.63) is 54.1 Å². The van der Waals surface area contributed by atoms with Crippen LogP contribution in [0.5, 0.6) is 11.5 Å². The van der Waals surface area contributed by atoms with Gasteiger partial charge in [0.15, 0.2) is 11.8 Å². The third kappa shape index (κ3) is 4.65. The number of carbonyl (C=O) groups is 1. The summed E-state index contributed by atoms with van der Waals surface area (Å²) in [5, 5.41) is 9.54. The molecule has 0 saturated carbocycles. The van der Waals surface area contributed by atoms with Crippen molar-refractivity contribution in [1.29, 1.82) is 5.26 Å². The van der Waals surface area contributed by atoms with Crippen LogP contribution in [0.15, 0.2) is 53.5 Å².